The highest BCUT2D eigenvalue weighted by atomic mass is 32.2. The molecule has 4 rings (SSSR count). The Hall–Kier alpha value is -4.47. The summed E-state index contributed by atoms with van der Waals surface area (Å²) in [5.74, 6) is 0.617. The number of aromatic nitrogens is 2. The summed E-state index contributed by atoms with van der Waals surface area (Å²) in [6.07, 6.45) is -2.27. The van der Waals surface area contributed by atoms with Crippen LogP contribution in [0.2, 0.25) is 0 Å². The van der Waals surface area contributed by atoms with E-state index < -0.39 is 21.8 Å². The SMILES string of the molecule is COc1ccc(Cc2c(C)cc(S(N)(=O)=O)c(Nc3ccc(C(F)(F)F)cn3)c2-c2ccc(C#N)cn2)cc1. The van der Waals surface area contributed by atoms with Gasteiger partial charge in [-0.1, -0.05) is 12.1 Å². The number of aryl methyl sites for hydroxylation is 1. The van der Waals surface area contributed by atoms with Crippen molar-refractivity contribution in [3.63, 3.8) is 0 Å². The van der Waals surface area contributed by atoms with E-state index in [0.29, 0.717) is 40.8 Å². The highest BCUT2D eigenvalue weighted by Crippen LogP contribution is 2.40. The number of nitrogens with two attached hydrogens (primary N) is 1. The molecule has 12 heteroatoms. The average molecular weight is 554 g/mol. The quantitative estimate of drug-likeness (QED) is 0.316. The summed E-state index contributed by atoms with van der Waals surface area (Å²) in [5.41, 5.74) is 2.13. The fourth-order valence-electron chi connectivity index (χ4n) is 4.01. The first-order chi connectivity index (χ1) is 18.4. The van der Waals surface area contributed by atoms with Crippen LogP contribution in [0, 0.1) is 18.3 Å². The lowest BCUT2D eigenvalue weighted by Crippen LogP contribution is -2.17. The van der Waals surface area contributed by atoms with Gasteiger partial charge in [0.05, 0.1) is 29.6 Å². The number of methoxy groups -OCH3 is 1. The molecule has 0 aliphatic rings. The second kappa shape index (κ2) is 10.7. The predicted octanol–water partition coefficient (Wildman–Crippen LogP) is 5.33. The van der Waals surface area contributed by atoms with Gasteiger partial charge in [0, 0.05) is 18.0 Å². The Balaban J connectivity index is 1.96. The molecule has 0 unspecified atom stereocenters. The van der Waals surface area contributed by atoms with Gasteiger partial charge in [0.1, 0.15) is 22.5 Å². The number of alkyl halides is 3. The maximum Gasteiger partial charge on any atom is 0.417 e. The zero-order valence-corrected chi connectivity index (χ0v) is 21.6. The number of benzene rings is 2. The molecule has 0 amide bonds. The first-order valence-corrected chi connectivity index (χ1v) is 12.9. The Kier molecular flexibility index (Phi) is 7.58. The number of hydrogen-bond acceptors (Lipinski definition) is 7. The molecule has 0 saturated carbocycles. The van der Waals surface area contributed by atoms with Crippen molar-refractivity contribution in [3.05, 3.63) is 94.8 Å². The van der Waals surface area contributed by atoms with Crippen LogP contribution in [0.25, 0.3) is 11.3 Å². The second-order valence-electron chi connectivity index (χ2n) is 8.59. The largest absolute Gasteiger partial charge is 0.497 e. The lowest BCUT2D eigenvalue weighted by molar-refractivity contribution is -0.137. The zero-order chi connectivity index (χ0) is 28.4. The number of sulfonamides is 1. The van der Waals surface area contributed by atoms with Gasteiger partial charge >= 0.3 is 6.18 Å². The number of hydrogen-bond donors (Lipinski definition) is 2. The molecule has 2 aromatic heterocycles. The van der Waals surface area contributed by atoms with E-state index in [2.05, 4.69) is 15.3 Å². The average Bonchev–Trinajstić information content (AvgIpc) is 2.90. The Morgan fingerprint density at radius 1 is 1.05 bits per heavy atom. The molecule has 8 nitrogen and oxygen atoms in total. The molecule has 39 heavy (non-hydrogen) atoms. The van der Waals surface area contributed by atoms with E-state index in [4.69, 9.17) is 9.88 Å². The molecular formula is C27H22F3N5O3S. The van der Waals surface area contributed by atoms with Crippen molar-refractivity contribution in [2.45, 2.75) is 24.4 Å². The van der Waals surface area contributed by atoms with E-state index in [-0.39, 0.29) is 22.0 Å². The van der Waals surface area contributed by atoms with Gasteiger partial charge in [-0.2, -0.15) is 18.4 Å². The van der Waals surface area contributed by atoms with Gasteiger partial charge in [-0.3, -0.25) is 4.98 Å². The van der Waals surface area contributed by atoms with Crippen LogP contribution in [0.1, 0.15) is 27.8 Å². The Labute approximate surface area is 223 Å². The molecule has 3 N–H and O–H groups in total. The molecule has 0 spiro atoms. The van der Waals surface area contributed by atoms with Crippen LogP contribution >= 0.6 is 0 Å². The van der Waals surface area contributed by atoms with E-state index >= 15 is 0 Å². The summed E-state index contributed by atoms with van der Waals surface area (Å²) in [5, 5.41) is 17.7. The molecule has 0 fully saturated rings. The van der Waals surface area contributed by atoms with Crippen LogP contribution in [-0.4, -0.2) is 25.5 Å². The lowest BCUT2D eigenvalue weighted by Gasteiger charge is -2.21. The lowest BCUT2D eigenvalue weighted by atomic mass is 9.91. The Morgan fingerprint density at radius 2 is 1.77 bits per heavy atom. The topological polar surface area (TPSA) is 131 Å². The molecule has 4 aromatic rings. The van der Waals surface area contributed by atoms with Crippen LogP contribution in [0.3, 0.4) is 0 Å². The number of nitrogens with one attached hydrogen (secondary N) is 1. The maximum atomic E-state index is 13.1. The number of nitrogens with zero attached hydrogens (tertiary/aromatic N) is 3. The van der Waals surface area contributed by atoms with Crippen LogP contribution in [0.15, 0.2) is 71.9 Å². The molecular weight excluding hydrogens is 531 g/mol. The number of ether oxygens (including phenoxy) is 1. The van der Waals surface area contributed by atoms with Crippen molar-refractivity contribution in [3.8, 4) is 23.1 Å². The van der Waals surface area contributed by atoms with Crippen molar-refractivity contribution in [2.75, 3.05) is 12.4 Å². The summed E-state index contributed by atoms with van der Waals surface area (Å²) >= 11 is 0. The summed E-state index contributed by atoms with van der Waals surface area (Å²) in [6, 6.07) is 15.7. The van der Waals surface area contributed by atoms with Crippen LogP contribution in [0.4, 0.5) is 24.7 Å². The number of pyridine rings is 2. The molecule has 0 aliphatic carbocycles. The molecule has 2 heterocycles. The first kappa shape index (κ1) is 27.6. The third-order valence-corrected chi connectivity index (χ3v) is 6.90. The molecule has 0 radical (unpaired) electrons. The maximum absolute atomic E-state index is 13.1. The predicted molar refractivity (Wildman–Crippen MR) is 139 cm³/mol. The molecule has 200 valence electrons. The summed E-state index contributed by atoms with van der Waals surface area (Å²) in [4.78, 5) is 7.92. The number of nitriles is 1. The van der Waals surface area contributed by atoms with Gasteiger partial charge in [0.15, 0.2) is 0 Å². The number of halogens is 3. The van der Waals surface area contributed by atoms with E-state index in [1.165, 1.54) is 18.3 Å². The van der Waals surface area contributed by atoms with Crippen molar-refractivity contribution in [2.24, 2.45) is 5.14 Å². The molecule has 0 saturated heterocycles. The minimum Gasteiger partial charge on any atom is -0.497 e. The van der Waals surface area contributed by atoms with Gasteiger partial charge in [-0.25, -0.2) is 18.5 Å². The normalized spacial score (nSPS) is 11.6. The van der Waals surface area contributed by atoms with Crippen molar-refractivity contribution < 1.29 is 26.3 Å². The zero-order valence-electron chi connectivity index (χ0n) is 20.7. The van der Waals surface area contributed by atoms with Gasteiger partial charge in [0.2, 0.25) is 10.0 Å². The van der Waals surface area contributed by atoms with Crippen LogP contribution in [-0.2, 0) is 22.6 Å². The van der Waals surface area contributed by atoms with Gasteiger partial charge in [-0.15, -0.1) is 0 Å². The van der Waals surface area contributed by atoms with Crippen molar-refractivity contribution in [1.82, 2.24) is 9.97 Å². The number of rotatable bonds is 7. The first-order valence-electron chi connectivity index (χ1n) is 11.4. The third-order valence-electron chi connectivity index (χ3n) is 5.96. The number of primary sulfonamides is 1. The Morgan fingerprint density at radius 3 is 2.28 bits per heavy atom. The summed E-state index contributed by atoms with van der Waals surface area (Å²) in [7, 11) is -2.77. The second-order valence-corrected chi connectivity index (χ2v) is 10.1. The van der Waals surface area contributed by atoms with Gasteiger partial charge < -0.3 is 10.1 Å². The van der Waals surface area contributed by atoms with Crippen LogP contribution < -0.4 is 15.2 Å². The van der Waals surface area contributed by atoms with Crippen LogP contribution in [0.5, 0.6) is 5.75 Å². The summed E-state index contributed by atoms with van der Waals surface area (Å²) in [6.45, 7) is 1.72. The van der Waals surface area contributed by atoms with E-state index in [1.807, 2.05) is 18.2 Å². The van der Waals surface area contributed by atoms with Crippen molar-refractivity contribution >= 4 is 21.5 Å². The molecule has 0 bridgehead atoms. The molecule has 2 aromatic carbocycles. The fraction of sp³-hybridized carbons (Fsp3) is 0.148. The smallest absolute Gasteiger partial charge is 0.417 e. The minimum atomic E-state index is -4.59. The summed E-state index contributed by atoms with van der Waals surface area (Å²) < 4.78 is 69.8. The number of anilines is 2. The van der Waals surface area contributed by atoms with Gasteiger partial charge in [0.25, 0.3) is 0 Å². The Bertz CT molecular complexity index is 1650. The van der Waals surface area contributed by atoms with E-state index in [1.54, 1.807) is 32.2 Å². The fourth-order valence-corrected chi connectivity index (χ4v) is 4.78. The molecule has 0 aliphatic heterocycles. The standard InChI is InChI=1S/C27H22F3N5O3S/c1-16-11-23(39(32,36)37)26(35-24-10-6-19(15-34-24)27(28,29)30)25(22-9-5-18(13-31)14-33-22)21(16)12-17-3-7-20(38-2)8-4-17/h3-11,14-15H,12H2,1-2H3,(H,34,35)(H2,32,36,37). The third kappa shape index (κ3) is 6.17. The minimum absolute atomic E-state index is 0.00363. The van der Waals surface area contributed by atoms with Crippen molar-refractivity contribution in [1.29, 1.82) is 5.26 Å². The monoisotopic (exact) mass is 553 g/mol. The van der Waals surface area contributed by atoms with Gasteiger partial charge in [-0.05, 0) is 72.5 Å². The highest BCUT2D eigenvalue weighted by molar-refractivity contribution is 7.89. The van der Waals surface area contributed by atoms with E-state index in [0.717, 1.165) is 17.7 Å². The highest BCUT2D eigenvalue weighted by Gasteiger charge is 2.31. The van der Waals surface area contributed by atoms with E-state index in [9.17, 15) is 26.9 Å². The molecule has 0 atom stereocenters.